The monoisotopic (exact) mass is 369 g/mol. The number of carbonyl (C=O) groups is 2. The Kier molecular flexibility index (Phi) is 6.15. The summed E-state index contributed by atoms with van der Waals surface area (Å²) in [7, 11) is -3.73. The van der Waals surface area contributed by atoms with Crippen molar-refractivity contribution < 1.29 is 27.9 Å². The van der Waals surface area contributed by atoms with Crippen LogP contribution in [0, 0.1) is 5.92 Å². The summed E-state index contributed by atoms with van der Waals surface area (Å²) >= 11 is 0. The molecule has 2 rings (SSSR count). The third-order valence-corrected chi connectivity index (χ3v) is 5.81. The number of nitrogens with zero attached hydrogens (tertiary/aromatic N) is 1. The first kappa shape index (κ1) is 19.4. The summed E-state index contributed by atoms with van der Waals surface area (Å²) in [6.45, 7) is 4.42. The van der Waals surface area contributed by atoms with Crippen molar-refractivity contribution in [1.29, 1.82) is 0 Å². The lowest BCUT2D eigenvalue weighted by molar-refractivity contribution is -0.309. The highest BCUT2D eigenvalue weighted by atomic mass is 32.2. The van der Waals surface area contributed by atoms with E-state index in [9.17, 15) is 23.1 Å². The Hall–Kier alpha value is -1.97. The number of sulfonamides is 1. The molecule has 1 aromatic rings. The predicted molar refractivity (Wildman–Crippen MR) is 87.1 cm³/mol. The Labute approximate surface area is 146 Å². The van der Waals surface area contributed by atoms with Gasteiger partial charge in [0.15, 0.2) is 0 Å². The first-order valence-electron chi connectivity index (χ1n) is 7.93. The molecule has 0 unspecified atom stereocenters. The van der Waals surface area contributed by atoms with Crippen LogP contribution in [-0.4, -0.2) is 56.9 Å². The van der Waals surface area contributed by atoms with Gasteiger partial charge < -0.3 is 20.0 Å². The summed E-state index contributed by atoms with van der Waals surface area (Å²) in [6.07, 6.45) is 0. The smallest absolute Gasteiger partial charge is 0.251 e. The number of amides is 1. The van der Waals surface area contributed by atoms with E-state index in [0.717, 1.165) is 0 Å². The van der Waals surface area contributed by atoms with Crippen molar-refractivity contribution in [2.75, 3.05) is 26.3 Å². The minimum absolute atomic E-state index is 0.0170. The zero-order chi connectivity index (χ0) is 18.6. The summed E-state index contributed by atoms with van der Waals surface area (Å²) in [5.41, 5.74) is 0.0706. The number of benzene rings is 1. The van der Waals surface area contributed by atoms with E-state index in [1.54, 1.807) is 13.8 Å². The van der Waals surface area contributed by atoms with E-state index in [2.05, 4.69) is 5.32 Å². The first-order valence-corrected chi connectivity index (χ1v) is 9.37. The lowest BCUT2D eigenvalue weighted by Gasteiger charge is -2.26. The second-order valence-electron chi connectivity index (χ2n) is 6.06. The van der Waals surface area contributed by atoms with Crippen LogP contribution in [0.2, 0.25) is 0 Å². The quantitative estimate of drug-likeness (QED) is 0.703. The summed E-state index contributed by atoms with van der Waals surface area (Å²) in [6, 6.07) is 4.37. The van der Waals surface area contributed by atoms with Crippen LogP contribution < -0.4 is 10.4 Å². The molecule has 0 radical (unpaired) electrons. The zero-order valence-electron chi connectivity index (χ0n) is 14.1. The van der Waals surface area contributed by atoms with Crippen LogP contribution in [0.3, 0.4) is 0 Å². The van der Waals surface area contributed by atoms with Gasteiger partial charge in [0.25, 0.3) is 5.91 Å². The number of ether oxygens (including phenoxy) is 1. The molecule has 1 aliphatic heterocycles. The van der Waals surface area contributed by atoms with E-state index >= 15 is 0 Å². The van der Waals surface area contributed by atoms with Gasteiger partial charge in [-0.15, -0.1) is 0 Å². The number of hydrogen-bond acceptors (Lipinski definition) is 6. The lowest BCUT2D eigenvalue weighted by atomic mass is 10.0. The Balaban J connectivity index is 2.23. The van der Waals surface area contributed by atoms with Gasteiger partial charge in [0.05, 0.1) is 30.1 Å². The van der Waals surface area contributed by atoms with Gasteiger partial charge in [-0.1, -0.05) is 19.9 Å². The third-order valence-electron chi connectivity index (χ3n) is 3.91. The number of carboxylic acid groups (broad SMARTS) is 1. The van der Waals surface area contributed by atoms with Crippen molar-refractivity contribution in [3.05, 3.63) is 29.8 Å². The predicted octanol–water partition coefficient (Wildman–Crippen LogP) is -0.788. The van der Waals surface area contributed by atoms with Crippen LogP contribution in [0.15, 0.2) is 29.2 Å². The number of morpholine rings is 1. The van der Waals surface area contributed by atoms with Crippen molar-refractivity contribution in [2.45, 2.75) is 24.8 Å². The highest BCUT2D eigenvalue weighted by molar-refractivity contribution is 7.89. The Morgan fingerprint density at radius 1 is 1.24 bits per heavy atom. The molecule has 8 nitrogen and oxygen atoms in total. The highest BCUT2D eigenvalue weighted by Crippen LogP contribution is 2.18. The maximum atomic E-state index is 12.6. The molecule has 0 aromatic heterocycles. The molecule has 1 aromatic carbocycles. The van der Waals surface area contributed by atoms with E-state index in [1.165, 1.54) is 28.6 Å². The van der Waals surface area contributed by atoms with Gasteiger partial charge in [0, 0.05) is 18.7 Å². The molecule has 1 atom stereocenters. The van der Waals surface area contributed by atoms with Crippen molar-refractivity contribution in [3.8, 4) is 0 Å². The largest absolute Gasteiger partial charge is 0.548 e. The lowest BCUT2D eigenvalue weighted by Crippen LogP contribution is -2.50. The van der Waals surface area contributed by atoms with Crippen LogP contribution in [0.4, 0.5) is 0 Å². The highest BCUT2D eigenvalue weighted by Gasteiger charge is 2.27. The fraction of sp³-hybridized carbons (Fsp3) is 0.500. The molecule has 1 amide bonds. The number of rotatable bonds is 6. The molecule has 0 spiro atoms. The first-order chi connectivity index (χ1) is 11.7. The van der Waals surface area contributed by atoms with Crippen molar-refractivity contribution in [3.63, 3.8) is 0 Å². The minimum Gasteiger partial charge on any atom is -0.548 e. The second kappa shape index (κ2) is 7.94. The molecule has 9 heteroatoms. The van der Waals surface area contributed by atoms with Crippen molar-refractivity contribution >= 4 is 21.9 Å². The van der Waals surface area contributed by atoms with Gasteiger partial charge >= 0.3 is 0 Å². The van der Waals surface area contributed by atoms with E-state index in [-0.39, 0.29) is 29.5 Å². The molecule has 1 saturated heterocycles. The van der Waals surface area contributed by atoms with Crippen LogP contribution in [-0.2, 0) is 19.6 Å². The average molecular weight is 369 g/mol. The molecule has 1 N–H and O–H groups in total. The molecule has 25 heavy (non-hydrogen) atoms. The van der Waals surface area contributed by atoms with Gasteiger partial charge in [-0.2, -0.15) is 4.31 Å². The second-order valence-corrected chi connectivity index (χ2v) is 8.00. The van der Waals surface area contributed by atoms with Gasteiger partial charge in [0.2, 0.25) is 10.0 Å². The van der Waals surface area contributed by atoms with Gasteiger partial charge in [-0.3, -0.25) is 4.79 Å². The Morgan fingerprint density at radius 3 is 2.44 bits per heavy atom. The number of carbonyl (C=O) groups excluding carboxylic acids is 2. The van der Waals surface area contributed by atoms with Gasteiger partial charge in [-0.25, -0.2) is 8.42 Å². The average Bonchev–Trinajstić information content (AvgIpc) is 2.59. The molecular formula is C16H21N2O6S-. The molecular weight excluding hydrogens is 348 g/mol. The molecule has 0 bridgehead atoms. The molecule has 138 valence electrons. The van der Waals surface area contributed by atoms with Gasteiger partial charge in [0.1, 0.15) is 0 Å². The van der Waals surface area contributed by atoms with Crippen molar-refractivity contribution in [1.82, 2.24) is 9.62 Å². The summed E-state index contributed by atoms with van der Waals surface area (Å²) in [5, 5.41) is 13.5. The summed E-state index contributed by atoms with van der Waals surface area (Å²) < 4.78 is 31.7. The number of nitrogens with one attached hydrogen (secondary N) is 1. The fourth-order valence-corrected chi connectivity index (χ4v) is 3.91. The Bertz CT molecular complexity index is 741. The van der Waals surface area contributed by atoms with E-state index in [1.807, 2.05) is 0 Å². The van der Waals surface area contributed by atoms with E-state index in [0.29, 0.717) is 13.2 Å². The normalized spacial score (nSPS) is 17.2. The number of carboxylic acids is 1. The Morgan fingerprint density at radius 2 is 1.88 bits per heavy atom. The molecule has 1 fully saturated rings. The van der Waals surface area contributed by atoms with Gasteiger partial charge in [-0.05, 0) is 24.1 Å². The zero-order valence-corrected chi connectivity index (χ0v) is 14.9. The van der Waals surface area contributed by atoms with Crippen LogP contribution in [0.1, 0.15) is 24.2 Å². The molecule has 0 saturated carbocycles. The number of aliphatic carboxylic acids is 1. The van der Waals surface area contributed by atoms with E-state index in [4.69, 9.17) is 4.74 Å². The topological polar surface area (TPSA) is 116 Å². The molecule has 1 heterocycles. The molecule has 1 aliphatic rings. The minimum atomic E-state index is -3.73. The van der Waals surface area contributed by atoms with Crippen LogP contribution in [0.25, 0.3) is 0 Å². The number of hydrogen-bond donors (Lipinski definition) is 1. The van der Waals surface area contributed by atoms with E-state index < -0.39 is 27.9 Å². The van der Waals surface area contributed by atoms with Crippen molar-refractivity contribution in [2.24, 2.45) is 5.92 Å². The fourth-order valence-electron chi connectivity index (χ4n) is 2.46. The summed E-state index contributed by atoms with van der Waals surface area (Å²) in [5.74, 6) is -2.42. The third kappa shape index (κ3) is 4.56. The standard InChI is InChI=1S/C16H22N2O6S/c1-11(2)14(16(20)21)17-15(19)12-4-3-5-13(10-12)25(22,23)18-6-8-24-9-7-18/h3-5,10-11,14H,6-9H2,1-2H3,(H,17,19)(H,20,21)/p-1/t14-/m1/s1. The SMILES string of the molecule is CC(C)[C@@H](NC(=O)c1cccc(S(=O)(=O)N2CCOCC2)c1)C(=O)[O-]. The van der Waals surface area contributed by atoms with Crippen LogP contribution >= 0.6 is 0 Å². The maximum absolute atomic E-state index is 12.6. The maximum Gasteiger partial charge on any atom is 0.251 e. The summed E-state index contributed by atoms with van der Waals surface area (Å²) in [4.78, 5) is 23.4. The van der Waals surface area contributed by atoms with Crippen LogP contribution in [0.5, 0.6) is 0 Å². The molecule has 0 aliphatic carbocycles.